The monoisotopic (exact) mass is 388 g/mol. The van der Waals surface area contributed by atoms with Gasteiger partial charge in [0.2, 0.25) is 5.92 Å². The highest BCUT2D eigenvalue weighted by Crippen LogP contribution is 2.38. The number of rotatable bonds is 4. The molecule has 6 heteroatoms. The molecule has 1 aromatic carbocycles. The summed E-state index contributed by atoms with van der Waals surface area (Å²) in [5.74, 6) is -3.73. The van der Waals surface area contributed by atoms with E-state index in [4.69, 9.17) is 4.74 Å². The van der Waals surface area contributed by atoms with Gasteiger partial charge in [-0.2, -0.15) is 0 Å². The molecule has 0 aromatic heterocycles. The van der Waals surface area contributed by atoms with Crippen LogP contribution in [-0.2, 0) is 4.79 Å². The van der Waals surface area contributed by atoms with Crippen molar-refractivity contribution in [2.45, 2.75) is 51.9 Å². The lowest BCUT2D eigenvalue weighted by molar-refractivity contribution is -0.143. The van der Waals surface area contributed by atoms with Crippen LogP contribution < -0.4 is 4.74 Å². The summed E-state index contributed by atoms with van der Waals surface area (Å²) in [6.07, 6.45) is -0.111. The lowest BCUT2D eigenvalue weighted by atomic mass is 9.87. The van der Waals surface area contributed by atoms with E-state index in [1.54, 1.807) is 19.1 Å². The molecule has 1 aromatic rings. The van der Waals surface area contributed by atoms with Gasteiger partial charge in [-0.1, -0.05) is 6.92 Å². The van der Waals surface area contributed by atoms with Crippen LogP contribution >= 0.6 is 15.9 Å². The Bertz CT molecular complexity index is 619. The van der Waals surface area contributed by atoms with Crippen molar-refractivity contribution in [3.8, 4) is 5.75 Å². The molecule has 0 radical (unpaired) electrons. The number of hydrogen-bond acceptors (Lipinski definition) is 3. The first-order chi connectivity index (χ1) is 10.7. The number of esters is 1. The molecule has 23 heavy (non-hydrogen) atoms. The van der Waals surface area contributed by atoms with Gasteiger partial charge in [-0.05, 0) is 53.4 Å². The highest BCUT2D eigenvalue weighted by Gasteiger charge is 2.38. The largest absolute Gasteiger partial charge is 0.424 e. The minimum atomic E-state index is -2.69. The SMILES string of the molecule is CCC(=O)c1cc(C)cc(Br)c1OC(=O)C1CCC(F)(F)CC1. The summed E-state index contributed by atoms with van der Waals surface area (Å²) >= 11 is 3.32. The summed E-state index contributed by atoms with van der Waals surface area (Å²) in [5.41, 5.74) is 1.21. The number of ketones is 1. The molecule has 0 aliphatic heterocycles. The number of alkyl halides is 2. The van der Waals surface area contributed by atoms with Gasteiger partial charge >= 0.3 is 5.97 Å². The number of hydrogen-bond donors (Lipinski definition) is 0. The van der Waals surface area contributed by atoms with Crippen LogP contribution in [0.1, 0.15) is 54.9 Å². The van der Waals surface area contributed by atoms with Crippen LogP contribution in [-0.4, -0.2) is 17.7 Å². The molecule has 1 saturated carbocycles. The fourth-order valence-corrected chi connectivity index (χ4v) is 3.35. The van der Waals surface area contributed by atoms with Crippen LogP contribution in [0.4, 0.5) is 8.78 Å². The van der Waals surface area contributed by atoms with Crippen molar-refractivity contribution >= 4 is 27.7 Å². The fraction of sp³-hybridized carbons (Fsp3) is 0.529. The number of carbonyl (C=O) groups is 2. The number of carbonyl (C=O) groups excluding carboxylic acids is 2. The zero-order valence-electron chi connectivity index (χ0n) is 13.1. The zero-order chi connectivity index (χ0) is 17.2. The van der Waals surface area contributed by atoms with E-state index < -0.39 is 17.8 Å². The first-order valence-electron chi connectivity index (χ1n) is 7.66. The highest BCUT2D eigenvalue weighted by molar-refractivity contribution is 9.10. The van der Waals surface area contributed by atoms with Crippen LogP contribution in [0.15, 0.2) is 16.6 Å². The van der Waals surface area contributed by atoms with Crippen LogP contribution in [0.25, 0.3) is 0 Å². The molecule has 1 aliphatic rings. The molecule has 2 rings (SSSR count). The molecular formula is C17H19BrF2O3. The number of Topliss-reactive ketones (excluding diaryl/α,β-unsaturated/α-hetero) is 1. The topological polar surface area (TPSA) is 43.4 Å². The van der Waals surface area contributed by atoms with Crippen LogP contribution in [0, 0.1) is 12.8 Å². The van der Waals surface area contributed by atoms with Crippen molar-refractivity contribution in [2.24, 2.45) is 5.92 Å². The quantitative estimate of drug-likeness (QED) is 0.410. The van der Waals surface area contributed by atoms with E-state index in [2.05, 4.69) is 15.9 Å². The van der Waals surface area contributed by atoms with E-state index in [1.807, 2.05) is 6.92 Å². The van der Waals surface area contributed by atoms with Gasteiger partial charge in [0, 0.05) is 19.3 Å². The average Bonchev–Trinajstić information content (AvgIpc) is 2.48. The Kier molecular flexibility index (Phi) is 5.55. The summed E-state index contributed by atoms with van der Waals surface area (Å²) in [6.45, 7) is 3.57. The van der Waals surface area contributed by atoms with E-state index >= 15 is 0 Å². The third kappa shape index (κ3) is 4.37. The summed E-state index contributed by atoms with van der Waals surface area (Å²) in [5, 5.41) is 0. The second kappa shape index (κ2) is 7.07. The summed E-state index contributed by atoms with van der Waals surface area (Å²) < 4.78 is 32.3. The van der Waals surface area contributed by atoms with Crippen molar-refractivity contribution in [1.29, 1.82) is 0 Å². The van der Waals surface area contributed by atoms with Gasteiger partial charge < -0.3 is 4.74 Å². The maximum absolute atomic E-state index is 13.2. The molecule has 1 aliphatic carbocycles. The van der Waals surface area contributed by atoms with E-state index in [-0.39, 0.29) is 43.6 Å². The molecule has 0 atom stereocenters. The second-order valence-electron chi connectivity index (χ2n) is 5.95. The number of halogens is 3. The maximum atomic E-state index is 13.2. The molecule has 0 unspecified atom stereocenters. The number of benzene rings is 1. The standard InChI is InChI=1S/C17H19BrF2O3/c1-3-14(21)12-8-10(2)9-13(18)15(12)23-16(22)11-4-6-17(19,20)7-5-11/h8-9,11H,3-7H2,1-2H3. The summed E-state index contributed by atoms with van der Waals surface area (Å²) in [6, 6.07) is 3.43. The van der Waals surface area contributed by atoms with Crippen molar-refractivity contribution in [3.05, 3.63) is 27.7 Å². The van der Waals surface area contributed by atoms with E-state index in [9.17, 15) is 18.4 Å². The normalized spacial score (nSPS) is 17.8. The zero-order valence-corrected chi connectivity index (χ0v) is 14.7. The van der Waals surface area contributed by atoms with E-state index in [0.717, 1.165) is 5.56 Å². The first kappa shape index (κ1) is 18.0. The van der Waals surface area contributed by atoms with Crippen molar-refractivity contribution in [2.75, 3.05) is 0 Å². The molecule has 1 fully saturated rings. The number of aryl methyl sites for hydroxylation is 1. The van der Waals surface area contributed by atoms with Gasteiger partial charge in [-0.15, -0.1) is 0 Å². The van der Waals surface area contributed by atoms with Crippen molar-refractivity contribution in [3.63, 3.8) is 0 Å². The van der Waals surface area contributed by atoms with Gasteiger partial charge in [-0.25, -0.2) is 8.78 Å². The minimum absolute atomic E-state index is 0.104. The molecule has 0 saturated heterocycles. The smallest absolute Gasteiger partial charge is 0.314 e. The van der Waals surface area contributed by atoms with Crippen LogP contribution in [0.2, 0.25) is 0 Å². The Morgan fingerprint density at radius 2 is 1.91 bits per heavy atom. The Labute approximate surface area is 142 Å². The predicted octanol–water partition coefficient (Wildman–Crippen LogP) is 5.08. The Morgan fingerprint density at radius 1 is 1.30 bits per heavy atom. The summed E-state index contributed by atoms with van der Waals surface area (Å²) in [4.78, 5) is 24.3. The van der Waals surface area contributed by atoms with Crippen molar-refractivity contribution in [1.82, 2.24) is 0 Å². The molecule has 0 heterocycles. The van der Waals surface area contributed by atoms with Gasteiger partial charge in [0.05, 0.1) is 16.0 Å². The summed E-state index contributed by atoms with van der Waals surface area (Å²) in [7, 11) is 0. The van der Waals surface area contributed by atoms with Gasteiger partial charge in [-0.3, -0.25) is 9.59 Å². The lowest BCUT2D eigenvalue weighted by Gasteiger charge is -2.27. The fourth-order valence-electron chi connectivity index (χ4n) is 2.69. The Balaban J connectivity index is 2.19. The third-order valence-corrected chi connectivity index (χ3v) is 4.65. The van der Waals surface area contributed by atoms with Crippen LogP contribution in [0.5, 0.6) is 5.75 Å². The van der Waals surface area contributed by atoms with Gasteiger partial charge in [0.25, 0.3) is 0 Å². The highest BCUT2D eigenvalue weighted by atomic mass is 79.9. The maximum Gasteiger partial charge on any atom is 0.314 e. The molecule has 0 amide bonds. The third-order valence-electron chi connectivity index (χ3n) is 4.06. The van der Waals surface area contributed by atoms with Gasteiger partial charge in [0.15, 0.2) is 11.5 Å². The first-order valence-corrected chi connectivity index (χ1v) is 8.45. The Hall–Kier alpha value is -1.30. The van der Waals surface area contributed by atoms with E-state index in [1.165, 1.54) is 0 Å². The molecule has 0 spiro atoms. The molecule has 0 N–H and O–H groups in total. The van der Waals surface area contributed by atoms with Crippen molar-refractivity contribution < 1.29 is 23.1 Å². The molecule has 126 valence electrons. The molecule has 0 bridgehead atoms. The second-order valence-corrected chi connectivity index (χ2v) is 6.81. The average molecular weight is 389 g/mol. The number of ether oxygens (including phenoxy) is 1. The molecule has 3 nitrogen and oxygen atoms in total. The Morgan fingerprint density at radius 3 is 2.48 bits per heavy atom. The molecular weight excluding hydrogens is 370 g/mol. The lowest BCUT2D eigenvalue weighted by Crippen LogP contribution is -2.31. The predicted molar refractivity (Wildman–Crippen MR) is 86.0 cm³/mol. The van der Waals surface area contributed by atoms with Crippen LogP contribution in [0.3, 0.4) is 0 Å². The van der Waals surface area contributed by atoms with E-state index in [0.29, 0.717) is 10.0 Å². The minimum Gasteiger partial charge on any atom is -0.424 e. The van der Waals surface area contributed by atoms with Gasteiger partial charge in [0.1, 0.15) is 0 Å².